The van der Waals surface area contributed by atoms with Crippen molar-refractivity contribution in [2.75, 3.05) is 0 Å². The Bertz CT molecular complexity index is 461. The van der Waals surface area contributed by atoms with Gasteiger partial charge in [-0.1, -0.05) is 29.3 Å². The maximum absolute atomic E-state index is 11.8. The lowest BCUT2D eigenvalue weighted by Gasteiger charge is -2.14. The number of halogens is 1. The number of aromatic hydroxyl groups is 1. The Labute approximate surface area is 113 Å². The normalized spacial score (nSPS) is 11.9. The van der Waals surface area contributed by atoms with Crippen LogP contribution in [0, 0.1) is 0 Å². The zero-order valence-corrected chi connectivity index (χ0v) is 11.4. The van der Waals surface area contributed by atoms with Crippen LogP contribution in [0.4, 0.5) is 0 Å². The quantitative estimate of drug-likeness (QED) is 0.777. The van der Waals surface area contributed by atoms with Crippen LogP contribution in [0.5, 0.6) is 5.75 Å². The Morgan fingerprint density at radius 2 is 2.11 bits per heavy atom. The Morgan fingerprint density at radius 3 is 2.61 bits per heavy atom. The van der Waals surface area contributed by atoms with Gasteiger partial charge in [0.05, 0.1) is 5.56 Å². The van der Waals surface area contributed by atoms with Gasteiger partial charge in [0.1, 0.15) is 11.8 Å². The molecule has 0 aliphatic carbocycles. The molecule has 0 saturated heterocycles. The number of phenolic OH excluding ortho intramolecular Hbond substituents is 1. The van der Waals surface area contributed by atoms with Gasteiger partial charge in [-0.25, -0.2) is 4.79 Å². The molecule has 6 heteroatoms. The summed E-state index contributed by atoms with van der Waals surface area (Å²) in [6.45, 7) is 1.83. The van der Waals surface area contributed by atoms with E-state index in [0.29, 0.717) is 17.3 Å². The number of hydrogen-bond donors (Lipinski definition) is 3. The molecular weight excluding hydrogens is 302 g/mol. The third-order valence-electron chi connectivity index (χ3n) is 2.39. The Balaban J connectivity index is 2.83. The second kappa shape index (κ2) is 6.39. The van der Waals surface area contributed by atoms with Gasteiger partial charge in [0.15, 0.2) is 0 Å². The van der Waals surface area contributed by atoms with E-state index in [1.165, 1.54) is 12.1 Å². The summed E-state index contributed by atoms with van der Waals surface area (Å²) in [6.07, 6.45) is 0.988. The fourth-order valence-electron chi connectivity index (χ4n) is 1.48. The molecule has 1 aromatic rings. The number of carbonyl (C=O) groups is 2. The van der Waals surface area contributed by atoms with Crippen molar-refractivity contribution in [2.24, 2.45) is 0 Å². The summed E-state index contributed by atoms with van der Waals surface area (Å²) in [4.78, 5) is 22.7. The first-order valence-electron chi connectivity index (χ1n) is 5.48. The molecule has 0 spiro atoms. The van der Waals surface area contributed by atoms with Gasteiger partial charge in [0.2, 0.25) is 0 Å². The van der Waals surface area contributed by atoms with Gasteiger partial charge in [-0.15, -0.1) is 0 Å². The zero-order chi connectivity index (χ0) is 13.7. The molecule has 18 heavy (non-hydrogen) atoms. The first kappa shape index (κ1) is 14.5. The summed E-state index contributed by atoms with van der Waals surface area (Å²) < 4.78 is 0.639. The summed E-state index contributed by atoms with van der Waals surface area (Å²) in [5, 5.41) is 20.9. The summed E-state index contributed by atoms with van der Waals surface area (Å²) in [5.41, 5.74) is 0.0561. The van der Waals surface area contributed by atoms with Crippen LogP contribution in [0.2, 0.25) is 0 Å². The number of phenols is 1. The summed E-state index contributed by atoms with van der Waals surface area (Å²) in [6, 6.07) is 3.47. The first-order chi connectivity index (χ1) is 8.45. The number of aliphatic carboxylic acids is 1. The van der Waals surface area contributed by atoms with Crippen LogP contribution in [-0.2, 0) is 4.79 Å². The Kier molecular flexibility index (Phi) is 5.15. The van der Waals surface area contributed by atoms with Crippen LogP contribution in [0.3, 0.4) is 0 Å². The molecular formula is C12H14BrNO4. The number of hydrogen-bond acceptors (Lipinski definition) is 3. The van der Waals surface area contributed by atoms with Crippen molar-refractivity contribution < 1.29 is 19.8 Å². The van der Waals surface area contributed by atoms with E-state index < -0.39 is 17.9 Å². The largest absolute Gasteiger partial charge is 0.507 e. The molecule has 98 valence electrons. The molecule has 0 bridgehead atoms. The van der Waals surface area contributed by atoms with E-state index in [0.717, 1.165) is 0 Å². The van der Waals surface area contributed by atoms with Gasteiger partial charge in [-0.3, -0.25) is 4.79 Å². The van der Waals surface area contributed by atoms with Crippen LogP contribution in [0.1, 0.15) is 30.1 Å². The molecule has 0 aliphatic rings. The van der Waals surface area contributed by atoms with Gasteiger partial charge >= 0.3 is 5.97 Å². The molecule has 1 unspecified atom stereocenters. The van der Waals surface area contributed by atoms with Gasteiger partial charge in [-0.05, 0) is 24.6 Å². The predicted molar refractivity (Wildman–Crippen MR) is 69.6 cm³/mol. The number of nitrogens with one attached hydrogen (secondary N) is 1. The predicted octanol–water partition coefficient (Wildman–Crippen LogP) is 2.14. The minimum atomic E-state index is -1.08. The first-order valence-corrected chi connectivity index (χ1v) is 6.27. The molecule has 1 rings (SSSR count). The molecule has 1 atom stereocenters. The monoisotopic (exact) mass is 315 g/mol. The van der Waals surface area contributed by atoms with Crippen molar-refractivity contribution in [2.45, 2.75) is 25.8 Å². The minimum Gasteiger partial charge on any atom is -0.507 e. The Hall–Kier alpha value is -1.56. The molecule has 5 nitrogen and oxygen atoms in total. The third-order valence-corrected chi connectivity index (χ3v) is 2.88. The highest BCUT2D eigenvalue weighted by Gasteiger charge is 2.21. The van der Waals surface area contributed by atoms with Gasteiger partial charge in [0.25, 0.3) is 5.91 Å². The second-order valence-electron chi connectivity index (χ2n) is 3.81. The van der Waals surface area contributed by atoms with Gasteiger partial charge < -0.3 is 15.5 Å². The topological polar surface area (TPSA) is 86.6 Å². The minimum absolute atomic E-state index is 0.0561. The summed E-state index contributed by atoms with van der Waals surface area (Å²) in [7, 11) is 0. The van der Waals surface area contributed by atoms with Crippen LogP contribution >= 0.6 is 15.9 Å². The van der Waals surface area contributed by atoms with E-state index in [9.17, 15) is 14.7 Å². The average molecular weight is 316 g/mol. The average Bonchev–Trinajstić information content (AvgIpc) is 2.27. The lowest BCUT2D eigenvalue weighted by Crippen LogP contribution is -2.40. The van der Waals surface area contributed by atoms with Crippen molar-refractivity contribution >= 4 is 27.8 Å². The standard InChI is InChI=1S/C12H14BrNO4/c1-2-3-9(12(17)18)14-11(16)8-5-4-7(13)6-10(8)15/h4-6,9,15H,2-3H2,1H3,(H,14,16)(H,17,18). The van der Waals surface area contributed by atoms with E-state index >= 15 is 0 Å². The van der Waals surface area contributed by atoms with Crippen molar-refractivity contribution in [3.05, 3.63) is 28.2 Å². The number of carboxylic acids is 1. The lowest BCUT2D eigenvalue weighted by molar-refractivity contribution is -0.139. The highest BCUT2D eigenvalue weighted by atomic mass is 79.9. The summed E-state index contributed by atoms with van der Waals surface area (Å²) >= 11 is 3.16. The smallest absolute Gasteiger partial charge is 0.326 e. The fraction of sp³-hybridized carbons (Fsp3) is 0.333. The molecule has 0 aliphatic heterocycles. The van der Waals surface area contributed by atoms with Crippen LogP contribution in [-0.4, -0.2) is 28.1 Å². The van der Waals surface area contributed by atoms with Crippen molar-refractivity contribution in [1.29, 1.82) is 0 Å². The van der Waals surface area contributed by atoms with E-state index in [-0.39, 0.29) is 11.3 Å². The molecule has 0 radical (unpaired) electrons. The van der Waals surface area contributed by atoms with E-state index in [1.807, 2.05) is 6.92 Å². The Morgan fingerprint density at radius 1 is 1.44 bits per heavy atom. The van der Waals surface area contributed by atoms with Gasteiger partial charge in [0, 0.05) is 4.47 Å². The molecule has 0 aromatic heterocycles. The van der Waals surface area contributed by atoms with Crippen LogP contribution < -0.4 is 5.32 Å². The van der Waals surface area contributed by atoms with E-state index in [4.69, 9.17) is 5.11 Å². The SMILES string of the molecule is CCCC(NC(=O)c1ccc(Br)cc1O)C(=O)O. The second-order valence-corrected chi connectivity index (χ2v) is 4.73. The maximum atomic E-state index is 11.8. The lowest BCUT2D eigenvalue weighted by atomic mass is 10.1. The van der Waals surface area contributed by atoms with Crippen molar-refractivity contribution in [1.82, 2.24) is 5.32 Å². The number of amides is 1. The third kappa shape index (κ3) is 3.73. The molecule has 1 amide bonds. The molecule has 0 heterocycles. The highest BCUT2D eigenvalue weighted by Crippen LogP contribution is 2.22. The van der Waals surface area contributed by atoms with Gasteiger partial charge in [-0.2, -0.15) is 0 Å². The zero-order valence-electron chi connectivity index (χ0n) is 9.81. The number of carboxylic acid groups (broad SMARTS) is 1. The number of carbonyl (C=O) groups excluding carboxylic acids is 1. The number of rotatable bonds is 5. The van der Waals surface area contributed by atoms with Crippen molar-refractivity contribution in [3.8, 4) is 5.75 Å². The highest BCUT2D eigenvalue weighted by molar-refractivity contribution is 9.10. The van der Waals surface area contributed by atoms with E-state index in [1.54, 1.807) is 6.07 Å². The summed E-state index contributed by atoms with van der Waals surface area (Å²) in [5.74, 6) is -1.87. The molecule has 3 N–H and O–H groups in total. The van der Waals surface area contributed by atoms with Crippen LogP contribution in [0.25, 0.3) is 0 Å². The molecule has 0 fully saturated rings. The van der Waals surface area contributed by atoms with E-state index in [2.05, 4.69) is 21.2 Å². The van der Waals surface area contributed by atoms with Crippen molar-refractivity contribution in [3.63, 3.8) is 0 Å². The van der Waals surface area contributed by atoms with Crippen LogP contribution in [0.15, 0.2) is 22.7 Å². The maximum Gasteiger partial charge on any atom is 0.326 e. The fourth-order valence-corrected chi connectivity index (χ4v) is 1.83. The molecule has 1 aromatic carbocycles. The number of benzene rings is 1. The molecule has 0 saturated carbocycles.